The van der Waals surface area contributed by atoms with Gasteiger partial charge in [0.25, 0.3) is 0 Å². The van der Waals surface area contributed by atoms with Gasteiger partial charge in [-0.1, -0.05) is 6.92 Å². The van der Waals surface area contributed by atoms with Gasteiger partial charge in [-0.3, -0.25) is 9.69 Å². The average molecular weight is 291 g/mol. The summed E-state index contributed by atoms with van der Waals surface area (Å²) in [5.41, 5.74) is 0.559. The molecule has 0 saturated carbocycles. The van der Waals surface area contributed by atoms with Crippen LogP contribution in [0.4, 0.5) is 4.39 Å². The Labute approximate surface area is 125 Å². The summed E-state index contributed by atoms with van der Waals surface area (Å²) in [4.78, 5) is 13.8. The van der Waals surface area contributed by atoms with E-state index in [4.69, 9.17) is 5.26 Å². The molecular weight excluding hydrogens is 269 g/mol. The number of hydrogen-bond donors (Lipinski definition) is 1. The molecule has 0 aromatic heterocycles. The first-order valence-corrected chi connectivity index (χ1v) is 6.97. The van der Waals surface area contributed by atoms with E-state index in [1.165, 1.54) is 18.2 Å². The van der Waals surface area contributed by atoms with Crippen LogP contribution < -0.4 is 5.32 Å². The number of halogens is 1. The fraction of sp³-hybridized carbons (Fsp3) is 0.500. The highest BCUT2D eigenvalue weighted by atomic mass is 19.1. The molecule has 1 N–H and O–H groups in total. The maximum absolute atomic E-state index is 13.8. The molecule has 0 bridgehead atoms. The Balaban J connectivity index is 2.75. The first-order valence-electron chi connectivity index (χ1n) is 6.97. The highest BCUT2D eigenvalue weighted by Crippen LogP contribution is 2.13. The van der Waals surface area contributed by atoms with E-state index in [0.29, 0.717) is 24.2 Å². The highest BCUT2D eigenvalue weighted by Gasteiger charge is 2.17. The summed E-state index contributed by atoms with van der Waals surface area (Å²) >= 11 is 0. The SMILES string of the molecule is CCN(CC(=O)NC(C)(C)C)Cc1cc(C#N)ccc1F. The third kappa shape index (κ3) is 5.92. The molecule has 0 radical (unpaired) electrons. The maximum atomic E-state index is 13.8. The predicted molar refractivity (Wildman–Crippen MR) is 80.0 cm³/mol. The van der Waals surface area contributed by atoms with E-state index >= 15 is 0 Å². The number of amides is 1. The molecule has 4 nitrogen and oxygen atoms in total. The van der Waals surface area contributed by atoms with Gasteiger partial charge < -0.3 is 5.32 Å². The van der Waals surface area contributed by atoms with Gasteiger partial charge in [-0.05, 0) is 45.5 Å². The van der Waals surface area contributed by atoms with Crippen LogP contribution in [0, 0.1) is 17.1 Å². The Hall–Kier alpha value is -1.93. The van der Waals surface area contributed by atoms with Crippen molar-refractivity contribution in [2.24, 2.45) is 0 Å². The molecule has 0 spiro atoms. The van der Waals surface area contributed by atoms with Crippen LogP contribution in [-0.4, -0.2) is 29.4 Å². The van der Waals surface area contributed by atoms with Crippen LogP contribution >= 0.6 is 0 Å². The normalized spacial score (nSPS) is 11.3. The quantitative estimate of drug-likeness (QED) is 0.906. The second-order valence-electron chi connectivity index (χ2n) is 6.02. The van der Waals surface area contributed by atoms with Crippen molar-refractivity contribution in [2.75, 3.05) is 13.1 Å². The number of likely N-dealkylation sites (N-methyl/N-ethyl adjacent to an activating group) is 1. The van der Waals surface area contributed by atoms with Crippen LogP contribution in [0.5, 0.6) is 0 Å². The zero-order valence-corrected chi connectivity index (χ0v) is 13.0. The summed E-state index contributed by atoms with van der Waals surface area (Å²) in [5.74, 6) is -0.454. The van der Waals surface area contributed by atoms with Crippen molar-refractivity contribution >= 4 is 5.91 Å². The lowest BCUT2D eigenvalue weighted by molar-refractivity contribution is -0.123. The second-order valence-corrected chi connectivity index (χ2v) is 6.02. The summed E-state index contributed by atoms with van der Waals surface area (Å²) in [7, 11) is 0. The van der Waals surface area contributed by atoms with Crippen LogP contribution in [-0.2, 0) is 11.3 Å². The van der Waals surface area contributed by atoms with Crippen molar-refractivity contribution in [3.8, 4) is 6.07 Å². The molecule has 0 aliphatic carbocycles. The van der Waals surface area contributed by atoms with Crippen molar-refractivity contribution in [2.45, 2.75) is 39.8 Å². The van der Waals surface area contributed by atoms with Crippen LogP contribution in [0.2, 0.25) is 0 Å². The number of rotatable bonds is 5. The van der Waals surface area contributed by atoms with Gasteiger partial charge in [-0.2, -0.15) is 5.26 Å². The van der Waals surface area contributed by atoms with Gasteiger partial charge in [0.05, 0.1) is 18.2 Å². The number of nitrogens with zero attached hydrogens (tertiary/aromatic N) is 2. The van der Waals surface area contributed by atoms with Gasteiger partial charge >= 0.3 is 0 Å². The monoisotopic (exact) mass is 291 g/mol. The zero-order chi connectivity index (χ0) is 16.0. The van der Waals surface area contributed by atoms with Crippen LogP contribution in [0.25, 0.3) is 0 Å². The molecule has 5 heteroatoms. The molecule has 114 valence electrons. The summed E-state index contributed by atoms with van der Waals surface area (Å²) < 4.78 is 13.8. The number of benzene rings is 1. The number of nitriles is 1. The van der Waals surface area contributed by atoms with Gasteiger partial charge in [0.2, 0.25) is 5.91 Å². The summed E-state index contributed by atoms with van der Waals surface area (Å²) in [5, 5.41) is 11.7. The molecule has 0 heterocycles. The topological polar surface area (TPSA) is 56.1 Å². The Morgan fingerprint density at radius 3 is 2.62 bits per heavy atom. The molecule has 1 aromatic carbocycles. The van der Waals surface area contributed by atoms with Crippen molar-refractivity contribution in [1.29, 1.82) is 5.26 Å². The Morgan fingerprint density at radius 1 is 1.43 bits per heavy atom. The van der Waals surface area contributed by atoms with E-state index in [-0.39, 0.29) is 23.8 Å². The van der Waals surface area contributed by atoms with E-state index in [1.54, 1.807) is 0 Å². The minimum absolute atomic E-state index is 0.0961. The van der Waals surface area contributed by atoms with Gasteiger partial charge in [0.15, 0.2) is 0 Å². The largest absolute Gasteiger partial charge is 0.350 e. The van der Waals surface area contributed by atoms with E-state index in [9.17, 15) is 9.18 Å². The predicted octanol–water partition coefficient (Wildman–Crippen LogP) is 2.43. The van der Waals surface area contributed by atoms with Crippen LogP contribution in [0.3, 0.4) is 0 Å². The maximum Gasteiger partial charge on any atom is 0.234 e. The molecule has 21 heavy (non-hydrogen) atoms. The summed E-state index contributed by atoms with van der Waals surface area (Å²) in [6.45, 7) is 8.77. The fourth-order valence-corrected chi connectivity index (χ4v) is 1.95. The van der Waals surface area contributed by atoms with E-state index in [1.807, 2.05) is 38.7 Å². The lowest BCUT2D eigenvalue weighted by Gasteiger charge is -2.25. The Morgan fingerprint density at radius 2 is 2.10 bits per heavy atom. The van der Waals surface area contributed by atoms with E-state index in [2.05, 4.69) is 5.32 Å². The fourth-order valence-electron chi connectivity index (χ4n) is 1.95. The average Bonchev–Trinajstić information content (AvgIpc) is 2.38. The third-order valence-electron chi connectivity index (χ3n) is 2.90. The molecule has 0 atom stereocenters. The first kappa shape index (κ1) is 17.1. The first-order chi connectivity index (χ1) is 9.75. The lowest BCUT2D eigenvalue weighted by Crippen LogP contribution is -2.45. The van der Waals surface area contributed by atoms with Gasteiger partial charge in [0.1, 0.15) is 5.82 Å². The molecule has 1 rings (SSSR count). The number of carbonyl (C=O) groups is 1. The van der Waals surface area contributed by atoms with Crippen molar-refractivity contribution in [1.82, 2.24) is 10.2 Å². The minimum Gasteiger partial charge on any atom is -0.350 e. The minimum atomic E-state index is -0.358. The zero-order valence-electron chi connectivity index (χ0n) is 13.0. The second kappa shape index (κ2) is 7.19. The van der Waals surface area contributed by atoms with Crippen LogP contribution in [0.1, 0.15) is 38.8 Å². The Kier molecular flexibility index (Phi) is 5.86. The standard InChI is InChI=1S/C16H22FN3O/c1-5-20(11-15(21)19-16(2,3)4)10-13-8-12(9-18)6-7-14(13)17/h6-8H,5,10-11H2,1-4H3,(H,19,21). The Bertz CT molecular complexity index is 543. The molecule has 0 aliphatic heterocycles. The molecular formula is C16H22FN3O. The number of carbonyl (C=O) groups excluding carboxylic acids is 1. The van der Waals surface area contributed by atoms with Crippen molar-refractivity contribution in [3.05, 3.63) is 35.1 Å². The van der Waals surface area contributed by atoms with Crippen molar-refractivity contribution < 1.29 is 9.18 Å². The molecule has 1 amide bonds. The smallest absolute Gasteiger partial charge is 0.234 e. The van der Waals surface area contributed by atoms with Crippen molar-refractivity contribution in [3.63, 3.8) is 0 Å². The summed E-state index contributed by atoms with van der Waals surface area (Å²) in [6, 6.07) is 6.26. The van der Waals surface area contributed by atoms with E-state index < -0.39 is 0 Å². The van der Waals surface area contributed by atoms with Gasteiger partial charge in [-0.15, -0.1) is 0 Å². The summed E-state index contributed by atoms with van der Waals surface area (Å²) in [6.07, 6.45) is 0. The van der Waals surface area contributed by atoms with Gasteiger partial charge in [-0.25, -0.2) is 4.39 Å². The molecule has 0 fully saturated rings. The van der Waals surface area contributed by atoms with Crippen LogP contribution in [0.15, 0.2) is 18.2 Å². The number of hydrogen-bond acceptors (Lipinski definition) is 3. The van der Waals surface area contributed by atoms with Gasteiger partial charge in [0, 0.05) is 17.6 Å². The number of nitrogens with one attached hydrogen (secondary N) is 1. The molecule has 0 unspecified atom stereocenters. The third-order valence-corrected chi connectivity index (χ3v) is 2.90. The molecule has 0 saturated heterocycles. The van der Waals surface area contributed by atoms with E-state index in [0.717, 1.165) is 0 Å². The highest BCUT2D eigenvalue weighted by molar-refractivity contribution is 5.78. The lowest BCUT2D eigenvalue weighted by atomic mass is 10.1. The molecule has 1 aromatic rings. The molecule has 0 aliphatic rings.